The van der Waals surface area contributed by atoms with Gasteiger partial charge in [-0.1, -0.05) is 19.1 Å². The van der Waals surface area contributed by atoms with Gasteiger partial charge in [0.05, 0.1) is 13.4 Å². The fourth-order valence-electron chi connectivity index (χ4n) is 2.28. The van der Waals surface area contributed by atoms with Gasteiger partial charge in [-0.05, 0) is 30.2 Å². The van der Waals surface area contributed by atoms with E-state index in [1.807, 2.05) is 42.1 Å². The Bertz CT molecular complexity index is 650. The fourth-order valence-corrected chi connectivity index (χ4v) is 3.33. The van der Waals surface area contributed by atoms with E-state index < -0.39 is 0 Å². The van der Waals surface area contributed by atoms with Crippen molar-refractivity contribution >= 4 is 41.7 Å². The zero-order chi connectivity index (χ0) is 17.9. The lowest BCUT2D eigenvalue weighted by Crippen LogP contribution is -2.40. The molecule has 1 heterocycles. The van der Waals surface area contributed by atoms with E-state index in [9.17, 15) is 0 Å². The number of aliphatic imine (C=N–C) groups is 1. The van der Waals surface area contributed by atoms with Crippen molar-refractivity contribution in [2.45, 2.75) is 18.2 Å². The van der Waals surface area contributed by atoms with E-state index in [0.29, 0.717) is 5.92 Å². The highest BCUT2D eigenvalue weighted by Gasteiger charge is 2.08. The Morgan fingerprint density at radius 2 is 2.04 bits per heavy atom. The van der Waals surface area contributed by atoms with Crippen molar-refractivity contribution < 1.29 is 9.15 Å². The molecule has 0 bridgehead atoms. The summed E-state index contributed by atoms with van der Waals surface area (Å²) in [6.45, 7) is 3.88. The van der Waals surface area contributed by atoms with Crippen LogP contribution in [-0.2, 0) is 6.42 Å². The summed E-state index contributed by atoms with van der Waals surface area (Å²) in [4.78, 5) is 5.44. The Labute approximate surface area is 177 Å². The molecule has 0 radical (unpaired) electrons. The van der Waals surface area contributed by atoms with Gasteiger partial charge in [-0.25, -0.2) is 0 Å². The summed E-state index contributed by atoms with van der Waals surface area (Å²) in [7, 11) is 3.50. The summed E-state index contributed by atoms with van der Waals surface area (Å²) in [5.74, 6) is 4.24. The molecular formula is C19H28IN3O2S. The predicted molar refractivity (Wildman–Crippen MR) is 120 cm³/mol. The normalized spacial score (nSPS) is 12.2. The molecule has 0 amide bonds. The van der Waals surface area contributed by atoms with Crippen LogP contribution in [0.15, 0.2) is 57.0 Å². The van der Waals surface area contributed by atoms with E-state index in [4.69, 9.17) is 9.15 Å². The van der Waals surface area contributed by atoms with Crippen molar-refractivity contribution in [3.8, 4) is 5.75 Å². The van der Waals surface area contributed by atoms with Gasteiger partial charge in [0.1, 0.15) is 11.5 Å². The van der Waals surface area contributed by atoms with Gasteiger partial charge in [-0.3, -0.25) is 4.99 Å². The third kappa shape index (κ3) is 7.90. The largest absolute Gasteiger partial charge is 0.496 e. The molecule has 2 N–H and O–H groups in total. The Morgan fingerprint density at radius 3 is 2.73 bits per heavy atom. The molecule has 2 rings (SSSR count). The first-order valence-corrected chi connectivity index (χ1v) is 9.44. The number of nitrogens with zero attached hydrogens (tertiary/aromatic N) is 1. The molecule has 0 saturated heterocycles. The number of guanidine groups is 1. The Kier molecular flexibility index (Phi) is 11.3. The molecule has 1 unspecified atom stereocenters. The second-order valence-electron chi connectivity index (χ2n) is 5.78. The second kappa shape index (κ2) is 12.9. The summed E-state index contributed by atoms with van der Waals surface area (Å²) < 4.78 is 10.7. The molecular weight excluding hydrogens is 461 g/mol. The molecule has 26 heavy (non-hydrogen) atoms. The van der Waals surface area contributed by atoms with Gasteiger partial charge in [-0.15, -0.1) is 35.7 Å². The van der Waals surface area contributed by atoms with Crippen LogP contribution in [0.5, 0.6) is 5.75 Å². The van der Waals surface area contributed by atoms with Crippen LogP contribution in [0, 0.1) is 5.92 Å². The maximum absolute atomic E-state index is 5.39. The molecule has 1 aromatic heterocycles. The number of halogens is 1. The third-order valence-corrected chi connectivity index (χ3v) is 5.06. The Balaban J connectivity index is 0.00000338. The van der Waals surface area contributed by atoms with Crippen molar-refractivity contribution in [3.63, 3.8) is 0 Å². The summed E-state index contributed by atoms with van der Waals surface area (Å²) in [5, 5.41) is 6.69. The molecule has 0 spiro atoms. The second-order valence-corrected chi connectivity index (χ2v) is 6.84. The first-order chi connectivity index (χ1) is 12.2. The summed E-state index contributed by atoms with van der Waals surface area (Å²) >= 11 is 1.82. The first kappa shape index (κ1) is 22.7. The predicted octanol–water partition coefficient (Wildman–Crippen LogP) is 4.04. The van der Waals surface area contributed by atoms with Gasteiger partial charge in [0, 0.05) is 37.2 Å². The average molecular weight is 489 g/mol. The number of thioether (sulfide) groups is 1. The van der Waals surface area contributed by atoms with Crippen molar-refractivity contribution in [3.05, 3.63) is 48.4 Å². The first-order valence-electron chi connectivity index (χ1n) is 8.45. The number of para-hydroxylation sites is 1. The number of furan rings is 1. The maximum atomic E-state index is 5.39. The van der Waals surface area contributed by atoms with E-state index in [2.05, 4.69) is 28.6 Å². The number of hydrogen-bond acceptors (Lipinski definition) is 4. The van der Waals surface area contributed by atoms with Gasteiger partial charge in [0.2, 0.25) is 0 Å². The van der Waals surface area contributed by atoms with E-state index in [1.165, 1.54) is 4.90 Å². The highest BCUT2D eigenvalue weighted by molar-refractivity contribution is 14.0. The number of rotatable bonds is 9. The number of ether oxygens (including phenoxy) is 1. The third-order valence-electron chi connectivity index (χ3n) is 3.68. The zero-order valence-corrected chi connectivity index (χ0v) is 18.7. The minimum absolute atomic E-state index is 0. The summed E-state index contributed by atoms with van der Waals surface area (Å²) in [5.41, 5.74) is 0. The molecule has 0 aliphatic heterocycles. The fraction of sp³-hybridized carbons (Fsp3) is 0.421. The van der Waals surface area contributed by atoms with Gasteiger partial charge in [-0.2, -0.15) is 0 Å². The van der Waals surface area contributed by atoms with E-state index in [1.54, 1.807) is 20.4 Å². The van der Waals surface area contributed by atoms with Gasteiger partial charge in [0.15, 0.2) is 5.96 Å². The molecule has 144 valence electrons. The molecule has 7 heteroatoms. The van der Waals surface area contributed by atoms with Crippen molar-refractivity contribution in [2.75, 3.05) is 33.0 Å². The summed E-state index contributed by atoms with van der Waals surface area (Å²) in [6.07, 6.45) is 2.54. The molecule has 1 aromatic carbocycles. The van der Waals surface area contributed by atoms with Crippen LogP contribution in [0.25, 0.3) is 0 Å². The number of hydrogen-bond donors (Lipinski definition) is 2. The topological polar surface area (TPSA) is 58.8 Å². The van der Waals surface area contributed by atoms with Crippen LogP contribution in [-0.4, -0.2) is 39.0 Å². The van der Waals surface area contributed by atoms with Crippen molar-refractivity contribution in [1.82, 2.24) is 10.6 Å². The molecule has 5 nitrogen and oxygen atoms in total. The molecule has 0 saturated carbocycles. The van der Waals surface area contributed by atoms with Gasteiger partial charge >= 0.3 is 0 Å². The minimum Gasteiger partial charge on any atom is -0.496 e. The molecule has 0 aliphatic carbocycles. The molecule has 2 aromatic rings. The highest BCUT2D eigenvalue weighted by Crippen LogP contribution is 2.29. The lowest BCUT2D eigenvalue weighted by molar-refractivity contribution is 0.405. The van der Waals surface area contributed by atoms with E-state index in [-0.39, 0.29) is 24.0 Å². The average Bonchev–Trinajstić information content (AvgIpc) is 3.16. The van der Waals surface area contributed by atoms with Gasteiger partial charge in [0.25, 0.3) is 0 Å². The van der Waals surface area contributed by atoms with Gasteiger partial charge < -0.3 is 19.8 Å². The van der Waals surface area contributed by atoms with Crippen LogP contribution in [0.4, 0.5) is 0 Å². The number of benzene rings is 1. The van der Waals surface area contributed by atoms with Crippen molar-refractivity contribution in [1.29, 1.82) is 0 Å². The zero-order valence-electron chi connectivity index (χ0n) is 15.5. The van der Waals surface area contributed by atoms with E-state index in [0.717, 1.165) is 42.7 Å². The van der Waals surface area contributed by atoms with Crippen molar-refractivity contribution in [2.24, 2.45) is 10.9 Å². The number of methoxy groups -OCH3 is 1. The lowest BCUT2D eigenvalue weighted by Gasteiger charge is -2.16. The smallest absolute Gasteiger partial charge is 0.191 e. The van der Waals surface area contributed by atoms with E-state index >= 15 is 0 Å². The van der Waals surface area contributed by atoms with Crippen LogP contribution in [0.2, 0.25) is 0 Å². The van der Waals surface area contributed by atoms with Crippen LogP contribution < -0.4 is 15.4 Å². The SMILES string of the molecule is CN=C(NCCc1ccco1)NCC(C)CSc1ccccc1OC.I. The van der Waals surface area contributed by atoms with Crippen LogP contribution in [0.1, 0.15) is 12.7 Å². The lowest BCUT2D eigenvalue weighted by atomic mass is 10.2. The molecule has 0 fully saturated rings. The molecule has 0 aliphatic rings. The standard InChI is InChI=1S/C19H27N3O2S.HI/c1-15(14-25-18-9-5-4-8-17(18)23-3)13-22-19(20-2)21-11-10-16-7-6-12-24-16;/h4-9,12,15H,10-11,13-14H2,1-3H3,(H2,20,21,22);1H. The van der Waals surface area contributed by atoms with Crippen LogP contribution in [0.3, 0.4) is 0 Å². The number of nitrogens with one attached hydrogen (secondary N) is 2. The van der Waals surface area contributed by atoms with Crippen LogP contribution >= 0.6 is 35.7 Å². The Morgan fingerprint density at radius 1 is 1.23 bits per heavy atom. The Hall–Kier alpha value is -1.35. The minimum atomic E-state index is 0. The quantitative estimate of drug-likeness (QED) is 0.241. The summed E-state index contributed by atoms with van der Waals surface area (Å²) in [6, 6.07) is 12.0. The maximum Gasteiger partial charge on any atom is 0.191 e. The molecule has 1 atom stereocenters. The highest BCUT2D eigenvalue weighted by atomic mass is 127. The monoisotopic (exact) mass is 489 g/mol.